The summed E-state index contributed by atoms with van der Waals surface area (Å²) in [6, 6.07) is 4.33. The van der Waals surface area contributed by atoms with E-state index in [0.29, 0.717) is 17.9 Å². The number of hydrogen-bond donors (Lipinski definition) is 1. The Morgan fingerprint density at radius 1 is 1.53 bits per heavy atom. The van der Waals surface area contributed by atoms with Crippen molar-refractivity contribution >= 4 is 5.69 Å². The van der Waals surface area contributed by atoms with Gasteiger partial charge in [-0.05, 0) is 31.0 Å². The van der Waals surface area contributed by atoms with E-state index < -0.39 is 16.4 Å². The van der Waals surface area contributed by atoms with Crippen molar-refractivity contribution in [3.8, 4) is 0 Å². The lowest BCUT2D eigenvalue weighted by Gasteiger charge is -2.27. The van der Waals surface area contributed by atoms with E-state index in [1.807, 2.05) is 0 Å². The first-order valence-corrected chi connectivity index (χ1v) is 4.81. The van der Waals surface area contributed by atoms with Crippen molar-refractivity contribution in [3.63, 3.8) is 0 Å². The zero-order valence-corrected chi connectivity index (χ0v) is 8.07. The molecule has 1 aliphatic rings. The van der Waals surface area contributed by atoms with Crippen molar-refractivity contribution in [2.75, 3.05) is 13.1 Å². The fourth-order valence-corrected chi connectivity index (χ4v) is 1.67. The summed E-state index contributed by atoms with van der Waals surface area (Å²) < 4.78 is 13.6. The van der Waals surface area contributed by atoms with E-state index in [2.05, 4.69) is 5.32 Å². The Balaban J connectivity index is 2.22. The lowest BCUT2D eigenvalue weighted by molar-refractivity contribution is -0.387. The lowest BCUT2D eigenvalue weighted by atomic mass is 9.94. The van der Waals surface area contributed by atoms with Crippen LogP contribution in [0, 0.1) is 21.8 Å². The summed E-state index contributed by atoms with van der Waals surface area (Å²) in [5.41, 5.74) is 0.00971. The van der Waals surface area contributed by atoms with Gasteiger partial charge in [0.15, 0.2) is 0 Å². The summed E-state index contributed by atoms with van der Waals surface area (Å²) in [6.07, 6.45) is 0.570. The highest BCUT2D eigenvalue weighted by molar-refractivity contribution is 5.37. The summed E-state index contributed by atoms with van der Waals surface area (Å²) in [6.45, 7) is 1.73. The van der Waals surface area contributed by atoms with Gasteiger partial charge in [0.05, 0.1) is 4.92 Å². The molecule has 1 N–H and O–H groups in total. The molecule has 0 spiro atoms. The molecule has 1 heterocycles. The van der Waals surface area contributed by atoms with Crippen molar-refractivity contribution in [3.05, 3.63) is 39.7 Å². The van der Waals surface area contributed by atoms with Gasteiger partial charge in [0.1, 0.15) is 0 Å². The Kier molecular flexibility index (Phi) is 2.64. The zero-order chi connectivity index (χ0) is 10.8. The Morgan fingerprint density at radius 2 is 2.27 bits per heavy atom. The first-order valence-electron chi connectivity index (χ1n) is 4.81. The van der Waals surface area contributed by atoms with Gasteiger partial charge in [-0.1, -0.05) is 12.1 Å². The molecule has 15 heavy (non-hydrogen) atoms. The molecule has 0 aliphatic carbocycles. The van der Waals surface area contributed by atoms with Crippen LogP contribution in [0.25, 0.3) is 0 Å². The van der Waals surface area contributed by atoms with Gasteiger partial charge in [-0.25, -0.2) is 0 Å². The topological polar surface area (TPSA) is 55.2 Å². The molecule has 0 saturated carbocycles. The van der Waals surface area contributed by atoms with E-state index in [1.165, 1.54) is 12.1 Å². The standard InChI is InChI=1S/C10H11FN2O2/c11-10-8(4-7-5-12-6-7)2-1-3-9(10)13(14)15/h1-3,7,12H,4-6H2. The smallest absolute Gasteiger partial charge is 0.305 e. The van der Waals surface area contributed by atoms with E-state index in [9.17, 15) is 14.5 Å². The van der Waals surface area contributed by atoms with Gasteiger partial charge in [0, 0.05) is 6.07 Å². The van der Waals surface area contributed by atoms with Gasteiger partial charge in [-0.15, -0.1) is 0 Å². The van der Waals surface area contributed by atoms with Crippen LogP contribution in [0.2, 0.25) is 0 Å². The zero-order valence-electron chi connectivity index (χ0n) is 8.07. The molecule has 1 saturated heterocycles. The summed E-state index contributed by atoms with van der Waals surface area (Å²) in [5.74, 6) is -0.282. The Labute approximate surface area is 86.3 Å². The number of rotatable bonds is 3. The van der Waals surface area contributed by atoms with Crippen LogP contribution in [0.4, 0.5) is 10.1 Å². The molecule has 0 atom stereocenters. The van der Waals surface area contributed by atoms with Crippen LogP contribution in [0.1, 0.15) is 5.56 Å². The highest BCUT2D eigenvalue weighted by Gasteiger charge is 2.22. The number of hydrogen-bond acceptors (Lipinski definition) is 3. The maximum Gasteiger partial charge on any atom is 0.305 e. The summed E-state index contributed by atoms with van der Waals surface area (Å²) in [7, 11) is 0. The molecule has 0 aromatic heterocycles. The number of nitro benzene ring substituents is 1. The maximum absolute atomic E-state index is 13.6. The average molecular weight is 210 g/mol. The molecule has 1 fully saturated rings. The Morgan fingerprint density at radius 3 is 2.80 bits per heavy atom. The van der Waals surface area contributed by atoms with E-state index in [0.717, 1.165) is 13.1 Å². The molecule has 1 aromatic rings. The molecule has 1 aromatic carbocycles. The van der Waals surface area contributed by atoms with Gasteiger partial charge >= 0.3 is 5.69 Å². The largest absolute Gasteiger partial charge is 0.316 e. The lowest BCUT2D eigenvalue weighted by Crippen LogP contribution is -2.43. The van der Waals surface area contributed by atoms with E-state index in [-0.39, 0.29) is 0 Å². The molecule has 5 heteroatoms. The second-order valence-corrected chi connectivity index (χ2v) is 3.74. The number of benzene rings is 1. The van der Waals surface area contributed by atoms with Crippen LogP contribution in [0.5, 0.6) is 0 Å². The van der Waals surface area contributed by atoms with Crippen LogP contribution in [-0.2, 0) is 6.42 Å². The molecule has 80 valence electrons. The molecule has 0 unspecified atom stereocenters. The Hall–Kier alpha value is -1.49. The SMILES string of the molecule is O=[N+]([O-])c1cccc(CC2CNC2)c1F. The molecule has 2 rings (SSSR count). The monoisotopic (exact) mass is 210 g/mol. The van der Waals surface area contributed by atoms with Gasteiger partial charge in [-0.2, -0.15) is 4.39 Å². The minimum absolute atomic E-state index is 0.404. The third-order valence-corrected chi connectivity index (χ3v) is 2.63. The predicted octanol–water partition coefficient (Wildman–Crippen LogP) is 1.50. The molecule has 4 nitrogen and oxygen atoms in total. The van der Waals surface area contributed by atoms with Gasteiger partial charge < -0.3 is 5.32 Å². The van der Waals surface area contributed by atoms with Crippen molar-refractivity contribution in [2.45, 2.75) is 6.42 Å². The molecular weight excluding hydrogens is 199 g/mol. The van der Waals surface area contributed by atoms with Crippen molar-refractivity contribution < 1.29 is 9.31 Å². The number of nitrogens with one attached hydrogen (secondary N) is 1. The normalized spacial score (nSPS) is 16.1. The van der Waals surface area contributed by atoms with Crippen LogP contribution in [0.15, 0.2) is 18.2 Å². The van der Waals surface area contributed by atoms with Gasteiger partial charge in [0.25, 0.3) is 0 Å². The first kappa shape index (κ1) is 10.0. The van der Waals surface area contributed by atoms with E-state index in [1.54, 1.807) is 6.07 Å². The van der Waals surface area contributed by atoms with Crippen molar-refractivity contribution in [1.29, 1.82) is 0 Å². The maximum atomic E-state index is 13.6. The van der Waals surface area contributed by atoms with Crippen LogP contribution in [-0.4, -0.2) is 18.0 Å². The minimum atomic E-state index is -0.686. The highest BCUT2D eigenvalue weighted by atomic mass is 19.1. The Bertz CT molecular complexity index is 391. The van der Waals surface area contributed by atoms with Gasteiger partial charge in [-0.3, -0.25) is 10.1 Å². The molecule has 0 radical (unpaired) electrons. The quantitative estimate of drug-likeness (QED) is 0.607. The van der Waals surface area contributed by atoms with Crippen LogP contribution >= 0.6 is 0 Å². The minimum Gasteiger partial charge on any atom is -0.316 e. The third kappa shape index (κ3) is 1.97. The highest BCUT2D eigenvalue weighted by Crippen LogP contribution is 2.23. The number of halogens is 1. The second-order valence-electron chi connectivity index (χ2n) is 3.74. The number of nitro groups is 1. The molecular formula is C10H11FN2O2. The fraction of sp³-hybridized carbons (Fsp3) is 0.400. The summed E-state index contributed by atoms with van der Waals surface area (Å²) >= 11 is 0. The number of nitrogens with zero attached hydrogens (tertiary/aromatic N) is 1. The van der Waals surface area contributed by atoms with Crippen molar-refractivity contribution in [2.24, 2.45) is 5.92 Å². The van der Waals surface area contributed by atoms with Crippen LogP contribution < -0.4 is 5.32 Å². The molecule has 0 bridgehead atoms. The third-order valence-electron chi connectivity index (χ3n) is 2.63. The average Bonchev–Trinajstić information content (AvgIpc) is 2.13. The summed E-state index contributed by atoms with van der Waals surface area (Å²) in [5, 5.41) is 13.6. The van der Waals surface area contributed by atoms with Crippen LogP contribution in [0.3, 0.4) is 0 Å². The molecule has 1 aliphatic heterocycles. The van der Waals surface area contributed by atoms with E-state index >= 15 is 0 Å². The van der Waals surface area contributed by atoms with Gasteiger partial charge in [0.2, 0.25) is 5.82 Å². The predicted molar refractivity (Wildman–Crippen MR) is 53.1 cm³/mol. The molecule has 0 amide bonds. The van der Waals surface area contributed by atoms with E-state index in [4.69, 9.17) is 0 Å². The second kappa shape index (κ2) is 3.94. The fourth-order valence-electron chi connectivity index (χ4n) is 1.67. The van der Waals surface area contributed by atoms with Crippen molar-refractivity contribution in [1.82, 2.24) is 5.32 Å². The summed E-state index contributed by atoms with van der Waals surface area (Å²) in [4.78, 5) is 9.81. The first-order chi connectivity index (χ1) is 7.18.